The summed E-state index contributed by atoms with van der Waals surface area (Å²) < 4.78 is 0. The van der Waals surface area contributed by atoms with Crippen LogP contribution in [0.3, 0.4) is 0 Å². The Morgan fingerprint density at radius 1 is 1.41 bits per heavy atom. The third-order valence-corrected chi connectivity index (χ3v) is 3.69. The highest BCUT2D eigenvalue weighted by molar-refractivity contribution is 5.42. The fourth-order valence-electron chi connectivity index (χ4n) is 2.42. The number of pyridine rings is 1. The van der Waals surface area contributed by atoms with Crippen LogP contribution in [-0.4, -0.2) is 36.6 Å². The van der Waals surface area contributed by atoms with Crippen molar-refractivity contribution in [3.05, 3.63) is 23.9 Å². The Balaban J connectivity index is 1.71. The maximum Gasteiger partial charge on any atom is 0.128 e. The molecule has 3 nitrogen and oxygen atoms in total. The van der Waals surface area contributed by atoms with E-state index < -0.39 is 0 Å². The van der Waals surface area contributed by atoms with Crippen LogP contribution in [0.1, 0.15) is 24.8 Å². The molecule has 3 heteroatoms. The van der Waals surface area contributed by atoms with Crippen LogP contribution in [0.15, 0.2) is 18.3 Å². The summed E-state index contributed by atoms with van der Waals surface area (Å²) >= 11 is 0. The van der Waals surface area contributed by atoms with Crippen LogP contribution >= 0.6 is 0 Å². The Labute approximate surface area is 104 Å². The van der Waals surface area contributed by atoms with E-state index >= 15 is 0 Å². The molecular weight excluding hydrogens is 210 g/mol. The molecular formula is C14H23N3. The van der Waals surface area contributed by atoms with E-state index in [1.54, 1.807) is 0 Å². The number of piperidine rings is 1. The van der Waals surface area contributed by atoms with Gasteiger partial charge in [0.05, 0.1) is 0 Å². The van der Waals surface area contributed by atoms with Crippen molar-refractivity contribution in [2.45, 2.75) is 26.2 Å². The SMILES string of the molecule is Cc1cccnc1NCCC1CCN(C)CC1. The summed E-state index contributed by atoms with van der Waals surface area (Å²) in [4.78, 5) is 6.78. The number of aromatic nitrogens is 1. The number of aryl methyl sites for hydroxylation is 1. The number of hydrogen-bond donors (Lipinski definition) is 1. The van der Waals surface area contributed by atoms with Gasteiger partial charge in [-0.3, -0.25) is 0 Å². The van der Waals surface area contributed by atoms with Crippen molar-refractivity contribution < 1.29 is 0 Å². The Morgan fingerprint density at radius 3 is 2.88 bits per heavy atom. The van der Waals surface area contributed by atoms with E-state index in [0.29, 0.717) is 0 Å². The summed E-state index contributed by atoms with van der Waals surface area (Å²) in [5.41, 5.74) is 1.23. The molecule has 94 valence electrons. The summed E-state index contributed by atoms with van der Waals surface area (Å²) in [5.74, 6) is 1.93. The second-order valence-electron chi connectivity index (χ2n) is 5.13. The van der Waals surface area contributed by atoms with Crippen LogP contribution < -0.4 is 5.32 Å². The van der Waals surface area contributed by atoms with Crippen molar-refractivity contribution in [1.82, 2.24) is 9.88 Å². The topological polar surface area (TPSA) is 28.2 Å². The molecule has 1 N–H and O–H groups in total. The minimum absolute atomic E-state index is 0.891. The van der Waals surface area contributed by atoms with Gasteiger partial charge in [-0.15, -0.1) is 0 Å². The van der Waals surface area contributed by atoms with Gasteiger partial charge in [-0.25, -0.2) is 4.98 Å². The molecule has 17 heavy (non-hydrogen) atoms. The van der Waals surface area contributed by atoms with E-state index in [0.717, 1.165) is 18.3 Å². The summed E-state index contributed by atoms with van der Waals surface area (Å²) in [6.07, 6.45) is 5.81. The highest BCUT2D eigenvalue weighted by atomic mass is 15.1. The zero-order valence-corrected chi connectivity index (χ0v) is 10.9. The fourth-order valence-corrected chi connectivity index (χ4v) is 2.42. The Morgan fingerprint density at radius 2 is 2.18 bits per heavy atom. The molecule has 0 aliphatic carbocycles. The maximum atomic E-state index is 4.35. The highest BCUT2D eigenvalue weighted by Gasteiger charge is 2.15. The summed E-state index contributed by atoms with van der Waals surface area (Å²) in [6, 6.07) is 4.09. The van der Waals surface area contributed by atoms with Crippen LogP contribution in [-0.2, 0) is 0 Å². The van der Waals surface area contributed by atoms with Gasteiger partial charge in [-0.05, 0) is 63.9 Å². The van der Waals surface area contributed by atoms with Crippen molar-refractivity contribution in [3.8, 4) is 0 Å². The number of hydrogen-bond acceptors (Lipinski definition) is 3. The summed E-state index contributed by atoms with van der Waals surface area (Å²) in [6.45, 7) is 5.66. The van der Waals surface area contributed by atoms with E-state index in [-0.39, 0.29) is 0 Å². The lowest BCUT2D eigenvalue weighted by atomic mass is 9.94. The quantitative estimate of drug-likeness (QED) is 0.866. The first kappa shape index (κ1) is 12.4. The van der Waals surface area contributed by atoms with Gasteiger partial charge in [0.2, 0.25) is 0 Å². The molecule has 0 amide bonds. The van der Waals surface area contributed by atoms with Gasteiger partial charge in [0, 0.05) is 12.7 Å². The van der Waals surface area contributed by atoms with E-state index in [1.807, 2.05) is 12.3 Å². The smallest absolute Gasteiger partial charge is 0.128 e. The lowest BCUT2D eigenvalue weighted by molar-refractivity contribution is 0.215. The highest BCUT2D eigenvalue weighted by Crippen LogP contribution is 2.19. The van der Waals surface area contributed by atoms with Crippen molar-refractivity contribution in [3.63, 3.8) is 0 Å². The predicted octanol–water partition coefficient (Wildman–Crippen LogP) is 2.53. The predicted molar refractivity (Wildman–Crippen MR) is 72.3 cm³/mol. The average molecular weight is 233 g/mol. The van der Waals surface area contributed by atoms with Crippen LogP contribution in [0.25, 0.3) is 0 Å². The van der Waals surface area contributed by atoms with Gasteiger partial charge in [-0.1, -0.05) is 6.07 Å². The Kier molecular flexibility index (Phi) is 4.37. The molecule has 2 rings (SSSR count). The van der Waals surface area contributed by atoms with Crippen LogP contribution in [0.4, 0.5) is 5.82 Å². The molecule has 0 radical (unpaired) electrons. The van der Waals surface area contributed by atoms with Gasteiger partial charge in [0.25, 0.3) is 0 Å². The van der Waals surface area contributed by atoms with E-state index in [9.17, 15) is 0 Å². The third-order valence-electron chi connectivity index (χ3n) is 3.69. The maximum absolute atomic E-state index is 4.35. The lowest BCUT2D eigenvalue weighted by Crippen LogP contribution is -2.30. The lowest BCUT2D eigenvalue weighted by Gasteiger charge is -2.28. The third kappa shape index (κ3) is 3.70. The molecule has 0 spiro atoms. The van der Waals surface area contributed by atoms with Gasteiger partial charge in [-0.2, -0.15) is 0 Å². The average Bonchev–Trinajstić information content (AvgIpc) is 2.34. The van der Waals surface area contributed by atoms with Crippen LogP contribution in [0, 0.1) is 12.8 Å². The van der Waals surface area contributed by atoms with Gasteiger partial charge in [0.15, 0.2) is 0 Å². The largest absolute Gasteiger partial charge is 0.370 e. The molecule has 1 aromatic heterocycles. The fraction of sp³-hybridized carbons (Fsp3) is 0.643. The molecule has 0 unspecified atom stereocenters. The van der Waals surface area contributed by atoms with Crippen LogP contribution in [0.5, 0.6) is 0 Å². The number of nitrogens with zero attached hydrogens (tertiary/aromatic N) is 2. The zero-order chi connectivity index (χ0) is 12.1. The van der Waals surface area contributed by atoms with E-state index in [4.69, 9.17) is 0 Å². The van der Waals surface area contributed by atoms with Crippen molar-refractivity contribution in [2.75, 3.05) is 32.0 Å². The minimum Gasteiger partial charge on any atom is -0.370 e. The molecule has 0 atom stereocenters. The Bertz CT molecular complexity index is 343. The normalized spacial score (nSPS) is 18.2. The molecule has 0 bridgehead atoms. The van der Waals surface area contributed by atoms with Gasteiger partial charge >= 0.3 is 0 Å². The molecule has 1 saturated heterocycles. The van der Waals surface area contributed by atoms with Gasteiger partial charge in [0.1, 0.15) is 5.82 Å². The molecule has 1 fully saturated rings. The molecule has 0 aromatic carbocycles. The first-order valence-electron chi connectivity index (χ1n) is 6.60. The van der Waals surface area contributed by atoms with Crippen LogP contribution in [0.2, 0.25) is 0 Å². The van der Waals surface area contributed by atoms with Crippen molar-refractivity contribution in [2.24, 2.45) is 5.92 Å². The number of likely N-dealkylation sites (tertiary alicyclic amines) is 1. The minimum atomic E-state index is 0.891. The Hall–Kier alpha value is -1.09. The monoisotopic (exact) mass is 233 g/mol. The molecule has 1 aliphatic rings. The summed E-state index contributed by atoms with van der Waals surface area (Å²) in [7, 11) is 2.21. The number of rotatable bonds is 4. The molecule has 1 aromatic rings. The standard InChI is InChI=1S/C14H23N3/c1-12-4-3-8-15-14(12)16-9-5-13-6-10-17(2)11-7-13/h3-4,8,13H,5-7,9-11H2,1-2H3,(H,15,16). The van der Waals surface area contributed by atoms with Crippen molar-refractivity contribution >= 4 is 5.82 Å². The second-order valence-corrected chi connectivity index (χ2v) is 5.13. The molecule has 0 saturated carbocycles. The van der Waals surface area contributed by atoms with E-state index in [2.05, 4.69) is 35.2 Å². The van der Waals surface area contributed by atoms with Gasteiger partial charge < -0.3 is 10.2 Å². The van der Waals surface area contributed by atoms with E-state index in [1.165, 1.54) is 37.9 Å². The number of nitrogens with one attached hydrogen (secondary N) is 1. The first-order chi connectivity index (χ1) is 8.25. The first-order valence-corrected chi connectivity index (χ1v) is 6.60. The number of anilines is 1. The molecule has 1 aliphatic heterocycles. The summed E-state index contributed by atoms with van der Waals surface area (Å²) in [5, 5.41) is 3.45. The second kappa shape index (κ2) is 6.01. The zero-order valence-electron chi connectivity index (χ0n) is 10.9. The molecule has 2 heterocycles. The van der Waals surface area contributed by atoms with Crippen molar-refractivity contribution in [1.29, 1.82) is 0 Å².